The number of carbonyl (C=O) groups excluding carboxylic acids is 1. The molecule has 0 unspecified atom stereocenters. The summed E-state index contributed by atoms with van der Waals surface area (Å²) >= 11 is 0. The molecule has 2 saturated heterocycles. The SMILES string of the molecule is CS(=O)(=O)c1ccc(CN2CCC(c3c(C(=O)N4CC[C@H](c5ccccc5)C4)cnn3C3CC3)CC2)cc1. The molecule has 1 saturated carbocycles. The van der Waals surface area contributed by atoms with Crippen LogP contribution in [0, 0.1) is 0 Å². The molecule has 6 rings (SSSR count). The predicted molar refractivity (Wildman–Crippen MR) is 147 cm³/mol. The van der Waals surface area contributed by atoms with Gasteiger partial charge in [-0.1, -0.05) is 42.5 Å². The molecule has 7 nitrogen and oxygen atoms in total. The first-order chi connectivity index (χ1) is 18.4. The average Bonchev–Trinajstić information content (AvgIpc) is 3.47. The van der Waals surface area contributed by atoms with E-state index in [0.717, 1.165) is 81.6 Å². The summed E-state index contributed by atoms with van der Waals surface area (Å²) in [6.45, 7) is 4.26. The van der Waals surface area contributed by atoms with E-state index in [9.17, 15) is 13.2 Å². The van der Waals surface area contributed by atoms with E-state index in [0.29, 0.717) is 22.8 Å². The lowest BCUT2D eigenvalue weighted by molar-refractivity contribution is 0.0788. The van der Waals surface area contributed by atoms with Gasteiger partial charge in [0.05, 0.1) is 28.4 Å². The van der Waals surface area contributed by atoms with Crippen molar-refractivity contribution in [1.82, 2.24) is 19.6 Å². The van der Waals surface area contributed by atoms with Crippen LogP contribution in [0.15, 0.2) is 65.7 Å². The molecule has 1 aliphatic carbocycles. The van der Waals surface area contributed by atoms with E-state index in [2.05, 4.69) is 33.8 Å². The summed E-state index contributed by atoms with van der Waals surface area (Å²) in [6, 6.07) is 18.2. The number of nitrogens with zero attached hydrogens (tertiary/aromatic N) is 4. The summed E-state index contributed by atoms with van der Waals surface area (Å²) in [4.78, 5) is 18.6. The average molecular weight is 533 g/mol. The van der Waals surface area contributed by atoms with Crippen molar-refractivity contribution in [2.75, 3.05) is 32.4 Å². The van der Waals surface area contributed by atoms with Crippen LogP contribution < -0.4 is 0 Å². The van der Waals surface area contributed by atoms with Crippen LogP contribution in [-0.2, 0) is 16.4 Å². The second kappa shape index (κ2) is 10.3. The normalized spacial score (nSPS) is 21.2. The Bertz CT molecular complexity index is 1390. The molecule has 0 radical (unpaired) electrons. The van der Waals surface area contributed by atoms with Gasteiger partial charge in [0.2, 0.25) is 0 Å². The summed E-state index contributed by atoms with van der Waals surface area (Å²) in [6.07, 6.45) is 8.35. The first kappa shape index (κ1) is 25.3. The number of carbonyl (C=O) groups is 1. The Morgan fingerprint density at radius 3 is 2.24 bits per heavy atom. The predicted octanol–water partition coefficient (Wildman–Crippen LogP) is 4.63. The number of rotatable bonds is 7. The van der Waals surface area contributed by atoms with E-state index in [1.807, 2.05) is 29.3 Å². The molecule has 38 heavy (non-hydrogen) atoms. The maximum absolute atomic E-state index is 13.8. The first-order valence-corrected chi connectivity index (χ1v) is 15.7. The van der Waals surface area contributed by atoms with Crippen LogP contribution in [0.5, 0.6) is 0 Å². The molecule has 0 bridgehead atoms. The van der Waals surface area contributed by atoms with Crippen molar-refractivity contribution in [2.45, 2.75) is 61.4 Å². The van der Waals surface area contributed by atoms with Crippen LogP contribution in [0.25, 0.3) is 0 Å². The second-order valence-electron chi connectivity index (χ2n) is 11.2. The van der Waals surface area contributed by atoms with Gasteiger partial charge in [-0.2, -0.15) is 5.10 Å². The maximum Gasteiger partial charge on any atom is 0.257 e. The van der Waals surface area contributed by atoms with Crippen LogP contribution in [-0.4, -0.2) is 66.3 Å². The fourth-order valence-electron chi connectivity index (χ4n) is 6.13. The van der Waals surface area contributed by atoms with Crippen molar-refractivity contribution in [2.24, 2.45) is 0 Å². The number of hydrogen-bond acceptors (Lipinski definition) is 5. The number of likely N-dealkylation sites (tertiary alicyclic amines) is 2. The Kier molecular flexibility index (Phi) is 6.86. The Morgan fingerprint density at radius 2 is 1.58 bits per heavy atom. The molecular formula is C30H36N4O3S. The van der Waals surface area contributed by atoms with E-state index in [4.69, 9.17) is 5.10 Å². The molecule has 0 N–H and O–H groups in total. The third-order valence-electron chi connectivity index (χ3n) is 8.44. The minimum Gasteiger partial charge on any atom is -0.338 e. The molecule has 3 fully saturated rings. The lowest BCUT2D eigenvalue weighted by atomic mass is 9.90. The van der Waals surface area contributed by atoms with Crippen LogP contribution >= 0.6 is 0 Å². The highest BCUT2D eigenvalue weighted by Crippen LogP contribution is 2.41. The van der Waals surface area contributed by atoms with E-state index >= 15 is 0 Å². The molecule has 200 valence electrons. The zero-order valence-electron chi connectivity index (χ0n) is 22.0. The van der Waals surface area contributed by atoms with Crippen molar-refractivity contribution in [3.05, 3.63) is 83.2 Å². The van der Waals surface area contributed by atoms with Gasteiger partial charge in [-0.25, -0.2) is 8.42 Å². The number of amides is 1. The molecule has 1 amide bonds. The van der Waals surface area contributed by atoms with Crippen LogP contribution in [0.1, 0.15) is 77.2 Å². The highest BCUT2D eigenvalue weighted by molar-refractivity contribution is 7.90. The van der Waals surface area contributed by atoms with Crippen molar-refractivity contribution in [1.29, 1.82) is 0 Å². The van der Waals surface area contributed by atoms with Gasteiger partial charge in [-0.3, -0.25) is 14.4 Å². The van der Waals surface area contributed by atoms with Gasteiger partial charge in [-0.05, 0) is 68.5 Å². The largest absolute Gasteiger partial charge is 0.338 e. The summed E-state index contributed by atoms with van der Waals surface area (Å²) in [5, 5.41) is 4.74. The van der Waals surface area contributed by atoms with Crippen LogP contribution in [0.4, 0.5) is 0 Å². The molecule has 3 heterocycles. The Labute approximate surface area is 225 Å². The summed E-state index contributed by atoms with van der Waals surface area (Å²) in [5.74, 6) is 0.865. The zero-order valence-corrected chi connectivity index (χ0v) is 22.8. The zero-order chi connectivity index (χ0) is 26.3. The monoisotopic (exact) mass is 532 g/mol. The second-order valence-corrected chi connectivity index (χ2v) is 13.2. The molecule has 0 spiro atoms. The molecular weight excluding hydrogens is 496 g/mol. The fourth-order valence-corrected chi connectivity index (χ4v) is 6.76. The van der Waals surface area contributed by atoms with Crippen molar-refractivity contribution < 1.29 is 13.2 Å². The summed E-state index contributed by atoms with van der Waals surface area (Å²) < 4.78 is 25.7. The third kappa shape index (κ3) is 5.29. The van der Waals surface area contributed by atoms with E-state index in [-0.39, 0.29) is 5.91 Å². The van der Waals surface area contributed by atoms with E-state index in [1.54, 1.807) is 12.1 Å². The van der Waals surface area contributed by atoms with Gasteiger partial charge in [0.25, 0.3) is 5.91 Å². The van der Waals surface area contributed by atoms with Crippen LogP contribution in [0.3, 0.4) is 0 Å². The van der Waals surface area contributed by atoms with E-state index < -0.39 is 9.84 Å². The summed E-state index contributed by atoms with van der Waals surface area (Å²) in [5.41, 5.74) is 4.39. The van der Waals surface area contributed by atoms with Crippen molar-refractivity contribution >= 4 is 15.7 Å². The Balaban J connectivity index is 1.13. The molecule has 3 aliphatic rings. The quantitative estimate of drug-likeness (QED) is 0.444. The summed E-state index contributed by atoms with van der Waals surface area (Å²) in [7, 11) is -3.18. The molecule has 8 heteroatoms. The van der Waals surface area contributed by atoms with Crippen molar-refractivity contribution in [3.8, 4) is 0 Å². The Hall–Kier alpha value is -2.97. The fraction of sp³-hybridized carbons (Fsp3) is 0.467. The minimum atomic E-state index is -3.18. The van der Waals surface area contributed by atoms with Gasteiger partial charge in [-0.15, -0.1) is 0 Å². The molecule has 3 aromatic rings. The lowest BCUT2D eigenvalue weighted by Gasteiger charge is -2.33. The minimum absolute atomic E-state index is 0.138. The van der Waals surface area contributed by atoms with Gasteiger partial charge in [0.1, 0.15) is 0 Å². The molecule has 1 aromatic heterocycles. The van der Waals surface area contributed by atoms with Gasteiger partial charge < -0.3 is 4.90 Å². The maximum atomic E-state index is 13.8. The molecule has 1 atom stereocenters. The first-order valence-electron chi connectivity index (χ1n) is 13.8. The smallest absolute Gasteiger partial charge is 0.257 e. The van der Waals surface area contributed by atoms with Crippen LogP contribution in [0.2, 0.25) is 0 Å². The van der Waals surface area contributed by atoms with Gasteiger partial charge in [0, 0.05) is 37.7 Å². The number of benzene rings is 2. The highest BCUT2D eigenvalue weighted by Gasteiger charge is 2.36. The number of hydrogen-bond donors (Lipinski definition) is 0. The topological polar surface area (TPSA) is 75.5 Å². The number of aromatic nitrogens is 2. The highest BCUT2D eigenvalue weighted by atomic mass is 32.2. The van der Waals surface area contributed by atoms with Crippen molar-refractivity contribution in [3.63, 3.8) is 0 Å². The number of piperidine rings is 1. The number of sulfone groups is 1. The Morgan fingerprint density at radius 1 is 0.895 bits per heavy atom. The molecule has 2 aromatic carbocycles. The lowest BCUT2D eigenvalue weighted by Crippen LogP contribution is -2.34. The molecule has 2 aliphatic heterocycles. The standard InChI is InChI=1S/C30H36N4O3S/c1-38(36,37)27-11-7-22(8-12-27)20-32-16-13-24(14-17-32)29-28(19-31-34(29)26-9-10-26)30(35)33-18-15-25(21-33)23-5-3-2-4-6-23/h2-8,11-12,19,24-26H,9-10,13-18,20-21H2,1H3/t25-/m0/s1. The third-order valence-corrected chi connectivity index (χ3v) is 9.56. The van der Waals surface area contributed by atoms with Gasteiger partial charge >= 0.3 is 0 Å². The van der Waals surface area contributed by atoms with Gasteiger partial charge in [0.15, 0.2) is 9.84 Å². The van der Waals surface area contributed by atoms with E-state index in [1.165, 1.54) is 11.8 Å².